The van der Waals surface area contributed by atoms with Crippen LogP contribution in [0.25, 0.3) is 0 Å². The number of rotatable bonds is 1. The number of carbonyl (C=O) groups excluding carboxylic acids is 1. The van der Waals surface area contributed by atoms with Crippen LogP contribution in [0.2, 0.25) is 0 Å². The minimum absolute atomic E-state index is 0.0532. The lowest BCUT2D eigenvalue weighted by molar-refractivity contribution is -0.152. The SMILES string of the molecule is COC(=O)C12CCC(Cl)(CC1)C2. The van der Waals surface area contributed by atoms with E-state index in [1.807, 2.05) is 0 Å². The summed E-state index contributed by atoms with van der Waals surface area (Å²) in [5.74, 6) is -0.0532. The fourth-order valence-electron chi connectivity index (χ4n) is 2.63. The highest BCUT2D eigenvalue weighted by molar-refractivity contribution is 6.24. The zero-order chi connectivity index (χ0) is 8.82. The molecule has 0 spiro atoms. The quantitative estimate of drug-likeness (QED) is 0.466. The van der Waals surface area contributed by atoms with Gasteiger partial charge >= 0.3 is 5.97 Å². The first-order valence-corrected chi connectivity index (χ1v) is 4.75. The maximum absolute atomic E-state index is 11.5. The second-order valence-electron chi connectivity index (χ2n) is 4.10. The smallest absolute Gasteiger partial charge is 0.311 e. The molecule has 0 saturated heterocycles. The first-order chi connectivity index (χ1) is 5.60. The van der Waals surface area contributed by atoms with Gasteiger partial charge in [0.25, 0.3) is 0 Å². The Morgan fingerprint density at radius 1 is 1.33 bits per heavy atom. The van der Waals surface area contributed by atoms with Crippen molar-refractivity contribution in [1.82, 2.24) is 0 Å². The van der Waals surface area contributed by atoms with Crippen LogP contribution in [0.15, 0.2) is 0 Å². The van der Waals surface area contributed by atoms with E-state index in [2.05, 4.69) is 0 Å². The number of carbonyl (C=O) groups is 1. The van der Waals surface area contributed by atoms with E-state index in [-0.39, 0.29) is 16.3 Å². The minimum Gasteiger partial charge on any atom is -0.469 e. The molecule has 0 radical (unpaired) electrons. The van der Waals surface area contributed by atoms with Crippen molar-refractivity contribution in [2.24, 2.45) is 5.41 Å². The largest absolute Gasteiger partial charge is 0.469 e. The average Bonchev–Trinajstić information content (AvgIpc) is 2.57. The Morgan fingerprint density at radius 2 is 1.92 bits per heavy atom. The number of halogens is 1. The summed E-state index contributed by atoms with van der Waals surface area (Å²) in [5.41, 5.74) is -0.212. The Kier molecular flexibility index (Phi) is 1.66. The minimum atomic E-state index is -0.212. The molecular weight excluding hydrogens is 176 g/mol. The summed E-state index contributed by atoms with van der Waals surface area (Å²) in [6.45, 7) is 0. The summed E-state index contributed by atoms with van der Waals surface area (Å²) in [6.07, 6.45) is 4.62. The number of fused-ring (bicyclic) bond motifs is 2. The molecule has 0 heterocycles. The average molecular weight is 189 g/mol. The molecule has 2 aliphatic carbocycles. The van der Waals surface area contributed by atoms with Crippen LogP contribution in [0.5, 0.6) is 0 Å². The van der Waals surface area contributed by atoms with Crippen molar-refractivity contribution in [1.29, 1.82) is 0 Å². The summed E-state index contributed by atoms with van der Waals surface area (Å²) in [4.78, 5) is 11.4. The number of hydrogen-bond acceptors (Lipinski definition) is 2. The van der Waals surface area contributed by atoms with Crippen molar-refractivity contribution in [3.05, 3.63) is 0 Å². The maximum Gasteiger partial charge on any atom is 0.311 e. The molecule has 0 unspecified atom stereocenters. The number of methoxy groups -OCH3 is 1. The Balaban J connectivity index is 2.20. The molecule has 0 aromatic rings. The molecular formula is C9H13ClO2. The van der Waals surface area contributed by atoms with Gasteiger partial charge in [0.2, 0.25) is 0 Å². The second-order valence-corrected chi connectivity index (χ2v) is 4.90. The van der Waals surface area contributed by atoms with Crippen LogP contribution >= 0.6 is 11.6 Å². The lowest BCUT2D eigenvalue weighted by Crippen LogP contribution is -2.27. The summed E-state index contributed by atoms with van der Waals surface area (Å²) in [7, 11) is 1.46. The molecule has 2 saturated carbocycles. The predicted octanol–water partition coefficient (Wildman–Crippen LogP) is 2.10. The van der Waals surface area contributed by atoms with Crippen molar-refractivity contribution >= 4 is 17.6 Å². The van der Waals surface area contributed by atoms with Gasteiger partial charge in [0.15, 0.2) is 0 Å². The van der Waals surface area contributed by atoms with Gasteiger partial charge in [0.1, 0.15) is 0 Å². The van der Waals surface area contributed by atoms with Crippen molar-refractivity contribution in [2.75, 3.05) is 7.11 Å². The molecule has 0 aromatic heterocycles. The van der Waals surface area contributed by atoms with Gasteiger partial charge in [-0.1, -0.05) is 0 Å². The summed E-state index contributed by atoms with van der Waals surface area (Å²) < 4.78 is 4.80. The van der Waals surface area contributed by atoms with E-state index >= 15 is 0 Å². The van der Waals surface area contributed by atoms with Gasteiger partial charge in [-0.3, -0.25) is 4.79 Å². The van der Waals surface area contributed by atoms with E-state index in [0.29, 0.717) is 0 Å². The first kappa shape index (κ1) is 8.36. The molecule has 2 aliphatic rings. The maximum atomic E-state index is 11.5. The topological polar surface area (TPSA) is 26.3 Å². The number of ether oxygens (including phenoxy) is 1. The zero-order valence-corrected chi connectivity index (χ0v) is 7.99. The van der Waals surface area contributed by atoms with Crippen LogP contribution in [0, 0.1) is 5.41 Å². The third-order valence-electron chi connectivity index (χ3n) is 3.38. The highest BCUT2D eigenvalue weighted by Gasteiger charge is 2.57. The molecule has 0 aliphatic heterocycles. The molecule has 2 rings (SSSR count). The van der Waals surface area contributed by atoms with Crippen LogP contribution in [-0.4, -0.2) is 18.0 Å². The van der Waals surface area contributed by atoms with E-state index < -0.39 is 0 Å². The molecule has 0 amide bonds. The molecule has 0 atom stereocenters. The lowest BCUT2D eigenvalue weighted by Gasteiger charge is -2.22. The number of hydrogen-bond donors (Lipinski definition) is 0. The zero-order valence-electron chi connectivity index (χ0n) is 7.23. The summed E-state index contributed by atoms with van der Waals surface area (Å²) in [5, 5.41) is 0. The van der Waals surface area contributed by atoms with Crippen molar-refractivity contribution in [3.8, 4) is 0 Å². The van der Waals surface area contributed by atoms with Gasteiger partial charge in [-0.15, -0.1) is 11.6 Å². The fourth-order valence-corrected chi connectivity index (χ4v) is 3.07. The highest BCUT2D eigenvalue weighted by atomic mass is 35.5. The number of alkyl halides is 1. The van der Waals surface area contributed by atoms with E-state index in [4.69, 9.17) is 16.3 Å². The van der Waals surface area contributed by atoms with Crippen molar-refractivity contribution in [3.63, 3.8) is 0 Å². The highest BCUT2D eigenvalue weighted by Crippen LogP contribution is 2.59. The van der Waals surface area contributed by atoms with Crippen LogP contribution in [0.1, 0.15) is 32.1 Å². The summed E-state index contributed by atoms with van der Waals surface area (Å²) in [6, 6.07) is 0. The Morgan fingerprint density at radius 3 is 2.25 bits per heavy atom. The van der Waals surface area contributed by atoms with Gasteiger partial charge < -0.3 is 4.74 Å². The van der Waals surface area contributed by atoms with E-state index in [1.165, 1.54) is 7.11 Å². The molecule has 0 aromatic carbocycles. The first-order valence-electron chi connectivity index (χ1n) is 4.38. The summed E-state index contributed by atoms with van der Waals surface area (Å²) >= 11 is 6.28. The Hall–Kier alpha value is -0.240. The van der Waals surface area contributed by atoms with Gasteiger partial charge in [-0.05, 0) is 32.1 Å². The third-order valence-corrected chi connectivity index (χ3v) is 3.89. The molecule has 68 valence electrons. The normalized spacial score (nSPS) is 44.8. The van der Waals surface area contributed by atoms with E-state index in [9.17, 15) is 4.79 Å². The molecule has 0 N–H and O–H groups in total. The second kappa shape index (κ2) is 2.38. The van der Waals surface area contributed by atoms with Crippen LogP contribution < -0.4 is 0 Å². The monoisotopic (exact) mass is 188 g/mol. The van der Waals surface area contributed by atoms with Crippen molar-refractivity contribution in [2.45, 2.75) is 37.0 Å². The third kappa shape index (κ3) is 0.972. The van der Waals surface area contributed by atoms with Crippen LogP contribution in [0.4, 0.5) is 0 Å². The molecule has 12 heavy (non-hydrogen) atoms. The molecule has 2 bridgehead atoms. The van der Waals surface area contributed by atoms with Gasteiger partial charge in [-0.2, -0.15) is 0 Å². The Bertz CT molecular complexity index is 217. The van der Waals surface area contributed by atoms with E-state index in [1.54, 1.807) is 0 Å². The lowest BCUT2D eigenvalue weighted by atomic mass is 9.84. The van der Waals surface area contributed by atoms with Crippen LogP contribution in [0.3, 0.4) is 0 Å². The van der Waals surface area contributed by atoms with Crippen molar-refractivity contribution < 1.29 is 9.53 Å². The Labute approximate surface area is 77.2 Å². The molecule has 2 nitrogen and oxygen atoms in total. The van der Waals surface area contributed by atoms with Gasteiger partial charge in [0, 0.05) is 4.87 Å². The van der Waals surface area contributed by atoms with Crippen LogP contribution in [-0.2, 0) is 9.53 Å². The van der Waals surface area contributed by atoms with Gasteiger partial charge in [-0.25, -0.2) is 0 Å². The van der Waals surface area contributed by atoms with E-state index in [0.717, 1.165) is 32.1 Å². The standard InChI is InChI=1S/C9H13ClO2/c1-12-7(11)8-2-4-9(10,6-8)5-3-8/h2-6H2,1H3. The fraction of sp³-hybridized carbons (Fsp3) is 0.889. The van der Waals surface area contributed by atoms with Gasteiger partial charge in [0.05, 0.1) is 12.5 Å². The molecule has 3 heteroatoms. The predicted molar refractivity (Wildman–Crippen MR) is 46.1 cm³/mol. The molecule has 2 fully saturated rings. The number of esters is 1.